The molecule has 32 heavy (non-hydrogen) atoms. The summed E-state index contributed by atoms with van der Waals surface area (Å²) in [6.45, 7) is 19.1. The largest absolute Gasteiger partial charge is 0.502 e. The van der Waals surface area contributed by atoms with Crippen LogP contribution in [-0.2, 0) is 22.3 Å². The third-order valence-electron chi connectivity index (χ3n) is 6.32. The van der Waals surface area contributed by atoms with Crippen molar-refractivity contribution in [3.63, 3.8) is 0 Å². The van der Waals surface area contributed by atoms with Crippen LogP contribution in [0.2, 0.25) is 0 Å². The van der Waals surface area contributed by atoms with Crippen molar-refractivity contribution in [2.75, 3.05) is 14.2 Å². The first-order valence-corrected chi connectivity index (χ1v) is 13.2. The number of hydrogen-bond donors (Lipinski definition) is 0. The lowest BCUT2D eigenvalue weighted by Crippen LogP contribution is -2.21. The molecule has 0 fully saturated rings. The summed E-state index contributed by atoms with van der Waals surface area (Å²) in [6.07, 6.45) is 10.6. The third-order valence-corrected chi connectivity index (χ3v) is 7.06. The fourth-order valence-corrected chi connectivity index (χ4v) is 4.72. The molecular weight excluding hydrogens is 460 g/mol. The molecule has 0 bridgehead atoms. The van der Waals surface area contributed by atoms with E-state index < -0.39 is 0 Å². The molecule has 1 aliphatic rings. The van der Waals surface area contributed by atoms with E-state index in [4.69, 9.17) is 9.47 Å². The Labute approximate surface area is 208 Å². The first-order valence-electron chi connectivity index (χ1n) is 12.4. The van der Waals surface area contributed by atoms with Gasteiger partial charge >= 0.3 is 0 Å². The maximum Gasteiger partial charge on any atom is 0.0951 e. The molecule has 2 atom stereocenters. The van der Waals surface area contributed by atoms with Gasteiger partial charge in [0.2, 0.25) is 0 Å². The summed E-state index contributed by atoms with van der Waals surface area (Å²) in [7, 11) is 3.44. The van der Waals surface area contributed by atoms with Crippen molar-refractivity contribution in [1.29, 1.82) is 0 Å². The van der Waals surface area contributed by atoms with Crippen LogP contribution in [0.15, 0.2) is 40.8 Å². The zero-order chi connectivity index (χ0) is 24.7. The molecule has 0 amide bonds. The van der Waals surface area contributed by atoms with E-state index >= 15 is 0 Å². The van der Waals surface area contributed by atoms with E-state index in [2.05, 4.69) is 82.3 Å². The Morgan fingerprint density at radius 1 is 1.06 bits per heavy atom. The zero-order valence-electron chi connectivity index (χ0n) is 22.3. The number of aryl methyl sites for hydroxylation is 1. The van der Waals surface area contributed by atoms with Crippen LogP contribution in [0.5, 0.6) is 0 Å². The van der Waals surface area contributed by atoms with Crippen molar-refractivity contribution in [3.8, 4) is 0 Å². The molecule has 2 nitrogen and oxygen atoms in total. The quantitative estimate of drug-likeness (QED) is 0.309. The van der Waals surface area contributed by atoms with Crippen molar-refractivity contribution < 1.29 is 9.47 Å². The van der Waals surface area contributed by atoms with E-state index in [0.29, 0.717) is 17.8 Å². The number of unbranched alkanes of at least 4 members (excludes halogenated alkanes) is 1. The normalized spacial score (nSPS) is 14.4. The maximum absolute atomic E-state index is 5.56. The van der Waals surface area contributed by atoms with Gasteiger partial charge in [-0.2, -0.15) is 0 Å². The predicted octanol–water partition coefficient (Wildman–Crippen LogP) is 9.44. The summed E-state index contributed by atoms with van der Waals surface area (Å²) in [6, 6.07) is 4.37. The van der Waals surface area contributed by atoms with Crippen molar-refractivity contribution in [3.05, 3.63) is 57.5 Å². The highest BCUT2D eigenvalue weighted by atomic mass is 79.9. The molecule has 0 N–H and O–H groups in total. The molecule has 0 saturated heterocycles. The second-order valence-corrected chi connectivity index (χ2v) is 9.88. The highest BCUT2D eigenvalue weighted by molar-refractivity contribution is 9.10. The van der Waals surface area contributed by atoms with E-state index in [0.717, 1.165) is 18.6 Å². The molecule has 1 aromatic rings. The molecule has 0 heterocycles. The van der Waals surface area contributed by atoms with Crippen molar-refractivity contribution in [2.24, 2.45) is 17.8 Å². The standard InChI is InChI=1S/C14H28O.C10H11Br.C5H10O/c1-7-9-10-13(15-6)14(11(3)4)12(5)8-2;1-7-5-6-10(11)9-4-2-3-8(7)9;1-4-5(2)6-3/h10-12,14H,7-9H2,1-6H3;5-6H,2-4H2,1H3;2,4H2,1,3H3/b13-10+;;. The van der Waals surface area contributed by atoms with Gasteiger partial charge in [-0.3, -0.25) is 0 Å². The number of hydrogen-bond acceptors (Lipinski definition) is 2. The number of allylic oxidation sites excluding steroid dienone is 3. The summed E-state index contributed by atoms with van der Waals surface area (Å²) in [5.41, 5.74) is 4.59. The summed E-state index contributed by atoms with van der Waals surface area (Å²) < 4.78 is 11.6. The fourth-order valence-electron chi connectivity index (χ4n) is 4.15. The van der Waals surface area contributed by atoms with Gasteiger partial charge in [-0.05, 0) is 73.3 Å². The lowest BCUT2D eigenvalue weighted by Gasteiger charge is -2.28. The molecule has 0 aromatic heterocycles. The average Bonchev–Trinajstić information content (AvgIpc) is 3.30. The number of fused-ring (bicyclic) bond motifs is 1. The van der Waals surface area contributed by atoms with Gasteiger partial charge in [0.15, 0.2) is 0 Å². The van der Waals surface area contributed by atoms with Crippen LogP contribution in [-0.4, -0.2) is 14.2 Å². The Hall–Kier alpha value is -1.22. The van der Waals surface area contributed by atoms with Crippen LogP contribution in [0.25, 0.3) is 0 Å². The topological polar surface area (TPSA) is 18.5 Å². The molecule has 184 valence electrons. The second kappa shape index (κ2) is 17.3. The van der Waals surface area contributed by atoms with Gasteiger partial charge in [0.05, 0.1) is 25.7 Å². The minimum atomic E-state index is 0.576. The maximum atomic E-state index is 5.56. The Morgan fingerprint density at radius 3 is 2.09 bits per heavy atom. The van der Waals surface area contributed by atoms with Gasteiger partial charge < -0.3 is 9.47 Å². The monoisotopic (exact) mass is 508 g/mol. The minimum absolute atomic E-state index is 0.576. The van der Waals surface area contributed by atoms with E-state index in [1.54, 1.807) is 25.3 Å². The highest BCUT2D eigenvalue weighted by Crippen LogP contribution is 2.32. The van der Waals surface area contributed by atoms with Gasteiger partial charge in [-0.15, -0.1) is 0 Å². The smallest absolute Gasteiger partial charge is 0.0951 e. The Balaban J connectivity index is 0.000000492. The minimum Gasteiger partial charge on any atom is -0.502 e. The number of rotatable bonds is 9. The van der Waals surface area contributed by atoms with E-state index in [-0.39, 0.29) is 0 Å². The molecule has 2 rings (SSSR count). The van der Waals surface area contributed by atoms with Gasteiger partial charge in [-0.25, -0.2) is 0 Å². The molecule has 0 saturated carbocycles. The highest BCUT2D eigenvalue weighted by Gasteiger charge is 2.24. The predicted molar refractivity (Wildman–Crippen MR) is 145 cm³/mol. The van der Waals surface area contributed by atoms with Crippen molar-refractivity contribution in [2.45, 2.75) is 93.4 Å². The van der Waals surface area contributed by atoms with E-state index in [1.807, 2.05) is 6.92 Å². The first kappa shape index (κ1) is 30.8. The number of benzene rings is 1. The first-order chi connectivity index (χ1) is 15.2. The molecule has 0 radical (unpaired) electrons. The van der Waals surface area contributed by atoms with Gasteiger partial charge in [0.1, 0.15) is 0 Å². The zero-order valence-corrected chi connectivity index (χ0v) is 23.9. The van der Waals surface area contributed by atoms with Gasteiger partial charge in [-0.1, -0.05) is 83.0 Å². The molecule has 1 aliphatic carbocycles. The average molecular weight is 510 g/mol. The number of ether oxygens (including phenoxy) is 2. The molecule has 2 unspecified atom stereocenters. The fraction of sp³-hybridized carbons (Fsp3) is 0.655. The number of methoxy groups -OCH3 is 2. The number of halogens is 1. The lowest BCUT2D eigenvalue weighted by molar-refractivity contribution is 0.171. The van der Waals surface area contributed by atoms with Crippen LogP contribution in [0.4, 0.5) is 0 Å². The Kier molecular flexibility index (Phi) is 16.6. The van der Waals surface area contributed by atoms with E-state index in [9.17, 15) is 0 Å². The summed E-state index contributed by atoms with van der Waals surface area (Å²) in [4.78, 5) is 0. The SMILES string of the molecule is C=C(CC)OC.CCC/C=C(/OC)C(C(C)C)C(C)CC.Cc1ccc(Br)c2c1CCC2. The Bertz CT molecular complexity index is 656. The molecule has 1 aromatic carbocycles. The van der Waals surface area contributed by atoms with Crippen molar-refractivity contribution >= 4 is 15.9 Å². The summed E-state index contributed by atoms with van der Waals surface area (Å²) in [5.74, 6) is 3.97. The van der Waals surface area contributed by atoms with E-state index in [1.165, 1.54) is 47.9 Å². The Morgan fingerprint density at radius 2 is 1.69 bits per heavy atom. The third kappa shape index (κ3) is 10.6. The molecule has 0 aliphatic heterocycles. The van der Waals surface area contributed by atoms with Crippen LogP contribution in [0.1, 0.15) is 90.3 Å². The summed E-state index contributed by atoms with van der Waals surface area (Å²) in [5, 5.41) is 0. The molecule has 3 heteroatoms. The summed E-state index contributed by atoms with van der Waals surface area (Å²) >= 11 is 3.58. The lowest BCUT2D eigenvalue weighted by atomic mass is 9.81. The van der Waals surface area contributed by atoms with Crippen LogP contribution in [0.3, 0.4) is 0 Å². The second-order valence-electron chi connectivity index (χ2n) is 9.03. The van der Waals surface area contributed by atoms with Crippen molar-refractivity contribution in [1.82, 2.24) is 0 Å². The van der Waals surface area contributed by atoms with Crippen LogP contribution < -0.4 is 0 Å². The van der Waals surface area contributed by atoms with Crippen LogP contribution >= 0.6 is 15.9 Å². The van der Waals surface area contributed by atoms with Gasteiger partial charge in [0.25, 0.3) is 0 Å². The van der Waals surface area contributed by atoms with Crippen LogP contribution in [0, 0.1) is 24.7 Å². The molecular formula is C29H49BrO2. The molecule has 0 spiro atoms. The van der Waals surface area contributed by atoms with Gasteiger partial charge in [0, 0.05) is 16.8 Å².